The molecular formula is C6H16N2S. The highest BCUT2D eigenvalue weighted by molar-refractivity contribution is 7.98. The van der Waals surface area contributed by atoms with E-state index in [0.29, 0.717) is 6.04 Å². The Labute approximate surface area is 61.5 Å². The molecular weight excluding hydrogens is 132 g/mol. The normalized spacial score (nSPS) is 13.7. The summed E-state index contributed by atoms with van der Waals surface area (Å²) in [4.78, 5) is 0. The lowest BCUT2D eigenvalue weighted by Crippen LogP contribution is -2.36. The minimum atomic E-state index is 0.505. The molecule has 56 valence electrons. The fourth-order valence-corrected chi connectivity index (χ4v) is 1.43. The van der Waals surface area contributed by atoms with E-state index in [1.807, 2.05) is 11.8 Å². The molecule has 0 aliphatic carbocycles. The zero-order chi connectivity index (χ0) is 7.11. The summed E-state index contributed by atoms with van der Waals surface area (Å²) in [7, 11) is 0. The molecule has 9 heavy (non-hydrogen) atoms. The number of thioether (sulfide) groups is 1. The number of nitrogens with one attached hydrogen (secondary N) is 1. The van der Waals surface area contributed by atoms with Gasteiger partial charge in [-0.2, -0.15) is 11.8 Å². The fourth-order valence-electron chi connectivity index (χ4n) is 0.764. The predicted molar refractivity (Wildman–Crippen MR) is 44.4 cm³/mol. The van der Waals surface area contributed by atoms with Crippen LogP contribution in [0.5, 0.6) is 0 Å². The summed E-state index contributed by atoms with van der Waals surface area (Å²) >= 11 is 1.83. The van der Waals surface area contributed by atoms with Crippen molar-refractivity contribution >= 4 is 11.8 Å². The SMILES string of the molecule is CCCC(CSC)NN. The van der Waals surface area contributed by atoms with Gasteiger partial charge in [0, 0.05) is 11.8 Å². The highest BCUT2D eigenvalue weighted by atomic mass is 32.2. The maximum absolute atomic E-state index is 5.28. The second kappa shape index (κ2) is 6.39. The highest BCUT2D eigenvalue weighted by Crippen LogP contribution is 2.01. The average Bonchev–Trinajstić information content (AvgIpc) is 1.88. The van der Waals surface area contributed by atoms with Crippen molar-refractivity contribution < 1.29 is 0 Å². The first kappa shape index (κ1) is 9.27. The van der Waals surface area contributed by atoms with Crippen molar-refractivity contribution in [2.75, 3.05) is 12.0 Å². The van der Waals surface area contributed by atoms with Gasteiger partial charge < -0.3 is 0 Å². The molecule has 0 saturated heterocycles. The second-order valence-corrected chi connectivity index (χ2v) is 3.02. The molecule has 0 radical (unpaired) electrons. The summed E-state index contributed by atoms with van der Waals surface area (Å²) in [5.74, 6) is 6.40. The van der Waals surface area contributed by atoms with E-state index in [-0.39, 0.29) is 0 Å². The Morgan fingerprint density at radius 2 is 2.33 bits per heavy atom. The van der Waals surface area contributed by atoms with Gasteiger partial charge in [0.25, 0.3) is 0 Å². The molecule has 3 N–H and O–H groups in total. The van der Waals surface area contributed by atoms with E-state index < -0.39 is 0 Å². The van der Waals surface area contributed by atoms with Gasteiger partial charge in [-0.05, 0) is 12.7 Å². The van der Waals surface area contributed by atoms with E-state index in [1.165, 1.54) is 12.8 Å². The summed E-state index contributed by atoms with van der Waals surface area (Å²) in [5, 5.41) is 0. The third kappa shape index (κ3) is 4.75. The zero-order valence-electron chi connectivity index (χ0n) is 6.18. The van der Waals surface area contributed by atoms with Crippen molar-refractivity contribution in [3.8, 4) is 0 Å². The molecule has 0 heterocycles. The van der Waals surface area contributed by atoms with E-state index in [2.05, 4.69) is 18.6 Å². The van der Waals surface area contributed by atoms with Crippen molar-refractivity contribution in [2.24, 2.45) is 5.84 Å². The van der Waals surface area contributed by atoms with Gasteiger partial charge in [-0.25, -0.2) is 0 Å². The molecule has 1 atom stereocenters. The molecule has 0 fully saturated rings. The molecule has 0 aromatic heterocycles. The molecule has 1 unspecified atom stereocenters. The van der Waals surface area contributed by atoms with E-state index in [9.17, 15) is 0 Å². The Morgan fingerprint density at radius 1 is 1.67 bits per heavy atom. The number of hydrogen-bond donors (Lipinski definition) is 2. The Kier molecular flexibility index (Phi) is 6.58. The van der Waals surface area contributed by atoms with E-state index in [0.717, 1.165) is 5.75 Å². The van der Waals surface area contributed by atoms with Crippen LogP contribution >= 0.6 is 11.8 Å². The number of rotatable bonds is 5. The molecule has 0 aromatic rings. The van der Waals surface area contributed by atoms with Gasteiger partial charge in [-0.1, -0.05) is 13.3 Å². The molecule has 2 nitrogen and oxygen atoms in total. The predicted octanol–water partition coefficient (Wildman–Crippen LogP) is 0.981. The highest BCUT2D eigenvalue weighted by Gasteiger charge is 2.01. The van der Waals surface area contributed by atoms with Gasteiger partial charge in [-0.15, -0.1) is 0 Å². The largest absolute Gasteiger partial charge is 0.271 e. The van der Waals surface area contributed by atoms with Crippen LogP contribution in [-0.2, 0) is 0 Å². The topological polar surface area (TPSA) is 38.0 Å². The molecule has 0 spiro atoms. The first-order valence-corrected chi connectivity index (χ1v) is 4.69. The lowest BCUT2D eigenvalue weighted by Gasteiger charge is -2.11. The Bertz CT molecular complexity index is 53.0. The maximum atomic E-state index is 5.28. The van der Waals surface area contributed by atoms with Crippen LogP contribution in [-0.4, -0.2) is 18.1 Å². The Balaban J connectivity index is 3.18. The Morgan fingerprint density at radius 3 is 2.67 bits per heavy atom. The van der Waals surface area contributed by atoms with Crippen LogP contribution in [0.4, 0.5) is 0 Å². The monoisotopic (exact) mass is 148 g/mol. The van der Waals surface area contributed by atoms with Gasteiger partial charge in [0.1, 0.15) is 0 Å². The summed E-state index contributed by atoms with van der Waals surface area (Å²) in [6, 6.07) is 0.505. The Hall–Kier alpha value is 0.270. The van der Waals surface area contributed by atoms with Crippen molar-refractivity contribution in [2.45, 2.75) is 25.8 Å². The van der Waals surface area contributed by atoms with Crippen LogP contribution < -0.4 is 11.3 Å². The minimum Gasteiger partial charge on any atom is -0.271 e. The average molecular weight is 148 g/mol. The molecule has 0 saturated carbocycles. The van der Waals surface area contributed by atoms with Crippen molar-refractivity contribution in [3.63, 3.8) is 0 Å². The molecule has 0 rings (SSSR count). The quantitative estimate of drug-likeness (QED) is 0.451. The van der Waals surface area contributed by atoms with Gasteiger partial charge in [0.05, 0.1) is 0 Å². The van der Waals surface area contributed by atoms with Crippen LogP contribution in [0.3, 0.4) is 0 Å². The van der Waals surface area contributed by atoms with Gasteiger partial charge in [0.15, 0.2) is 0 Å². The first-order chi connectivity index (χ1) is 4.35. The van der Waals surface area contributed by atoms with Gasteiger partial charge >= 0.3 is 0 Å². The first-order valence-electron chi connectivity index (χ1n) is 3.30. The van der Waals surface area contributed by atoms with E-state index in [1.54, 1.807) is 0 Å². The van der Waals surface area contributed by atoms with Gasteiger partial charge in [0.2, 0.25) is 0 Å². The van der Waals surface area contributed by atoms with Crippen molar-refractivity contribution in [3.05, 3.63) is 0 Å². The third-order valence-corrected chi connectivity index (χ3v) is 1.98. The second-order valence-electron chi connectivity index (χ2n) is 2.11. The molecule has 0 aliphatic rings. The lowest BCUT2D eigenvalue weighted by molar-refractivity contribution is 0.533. The van der Waals surface area contributed by atoms with E-state index in [4.69, 9.17) is 5.84 Å². The van der Waals surface area contributed by atoms with Crippen LogP contribution in [0.25, 0.3) is 0 Å². The number of hydrazine groups is 1. The summed E-state index contributed by atoms with van der Waals surface area (Å²) in [5.41, 5.74) is 2.78. The van der Waals surface area contributed by atoms with Crippen LogP contribution in [0.2, 0.25) is 0 Å². The smallest absolute Gasteiger partial charge is 0.0300 e. The molecule has 0 amide bonds. The fraction of sp³-hybridized carbons (Fsp3) is 1.00. The summed E-state index contributed by atoms with van der Waals surface area (Å²) < 4.78 is 0. The number of nitrogens with two attached hydrogens (primary N) is 1. The van der Waals surface area contributed by atoms with E-state index >= 15 is 0 Å². The summed E-state index contributed by atoms with van der Waals surface area (Å²) in [6.45, 7) is 2.17. The van der Waals surface area contributed by atoms with Gasteiger partial charge in [-0.3, -0.25) is 11.3 Å². The molecule has 3 heteroatoms. The van der Waals surface area contributed by atoms with Crippen LogP contribution in [0.15, 0.2) is 0 Å². The molecule has 0 aliphatic heterocycles. The third-order valence-electron chi connectivity index (χ3n) is 1.24. The number of hydrogen-bond acceptors (Lipinski definition) is 3. The van der Waals surface area contributed by atoms with Crippen LogP contribution in [0.1, 0.15) is 19.8 Å². The maximum Gasteiger partial charge on any atom is 0.0300 e. The molecule has 0 aromatic carbocycles. The standard InChI is InChI=1S/C6H16N2S/c1-3-4-6(8-7)5-9-2/h6,8H,3-5,7H2,1-2H3. The summed E-state index contributed by atoms with van der Waals surface area (Å²) in [6.07, 6.45) is 4.48. The minimum absolute atomic E-state index is 0.505. The lowest BCUT2D eigenvalue weighted by atomic mass is 10.2. The zero-order valence-corrected chi connectivity index (χ0v) is 7.00. The van der Waals surface area contributed by atoms with Crippen molar-refractivity contribution in [1.29, 1.82) is 0 Å². The van der Waals surface area contributed by atoms with Crippen LogP contribution in [0, 0.1) is 0 Å². The molecule has 0 bridgehead atoms. The van der Waals surface area contributed by atoms with Crippen molar-refractivity contribution in [1.82, 2.24) is 5.43 Å².